The lowest BCUT2D eigenvalue weighted by atomic mass is 9.93. The molecule has 0 radical (unpaired) electrons. The second-order valence-corrected chi connectivity index (χ2v) is 16.7. The van der Waals surface area contributed by atoms with Crippen LogP contribution in [0.4, 0.5) is 0 Å². The van der Waals surface area contributed by atoms with E-state index in [0.717, 1.165) is 112 Å². The summed E-state index contributed by atoms with van der Waals surface area (Å²) in [6.07, 6.45) is 23.6. The molecule has 1 aliphatic heterocycles. The molecular weight excluding hydrogens is 883 g/mol. The van der Waals surface area contributed by atoms with Crippen molar-refractivity contribution in [2.24, 2.45) is 0 Å². The average molecular weight is 932 g/mol. The van der Waals surface area contributed by atoms with E-state index in [9.17, 15) is 0 Å². The molecule has 7 heterocycles. The van der Waals surface area contributed by atoms with Crippen molar-refractivity contribution in [2.75, 3.05) is 6.54 Å². The van der Waals surface area contributed by atoms with E-state index in [2.05, 4.69) is 161 Å². The van der Waals surface area contributed by atoms with Crippen LogP contribution in [0.2, 0.25) is 0 Å². The first kappa shape index (κ1) is 46.0. The van der Waals surface area contributed by atoms with Gasteiger partial charge in [-0.3, -0.25) is 19.9 Å². The number of hydrogen-bond donors (Lipinski definition) is 2. The summed E-state index contributed by atoms with van der Waals surface area (Å²) < 4.78 is 9.01. The molecule has 0 saturated heterocycles. The van der Waals surface area contributed by atoms with Gasteiger partial charge in [0, 0.05) is 92.7 Å². The molecule has 72 heavy (non-hydrogen) atoms. The van der Waals surface area contributed by atoms with Gasteiger partial charge in [-0.25, -0.2) is 0 Å². The Labute approximate surface area is 418 Å². The van der Waals surface area contributed by atoms with Gasteiger partial charge < -0.3 is 20.5 Å². The van der Waals surface area contributed by atoms with Gasteiger partial charge in [-0.05, 0) is 156 Å². The van der Waals surface area contributed by atoms with Crippen LogP contribution in [0, 0.1) is 0 Å². The van der Waals surface area contributed by atoms with Crippen molar-refractivity contribution < 1.29 is 4.42 Å². The number of fused-ring (bicyclic) bond motifs is 6. The maximum atomic E-state index is 6.62. The van der Waals surface area contributed by atoms with Gasteiger partial charge in [-0.1, -0.05) is 72.8 Å². The first-order valence-corrected chi connectivity index (χ1v) is 23.5. The zero-order chi connectivity index (χ0) is 47.9. The van der Waals surface area contributed by atoms with E-state index in [4.69, 9.17) is 19.4 Å². The van der Waals surface area contributed by atoms with Crippen LogP contribution >= 0.6 is 0 Å². The maximum Gasteiger partial charge on any atom is 0.136 e. The van der Waals surface area contributed by atoms with Gasteiger partial charge in [-0.2, -0.15) is 0 Å². The van der Waals surface area contributed by atoms with Gasteiger partial charge >= 0.3 is 0 Å². The molecule has 4 N–H and O–H groups in total. The number of rotatable bonds is 7. The van der Waals surface area contributed by atoms with Crippen LogP contribution in [-0.4, -0.2) is 31.0 Å². The Morgan fingerprint density at radius 2 is 1.08 bits per heavy atom. The molecule has 0 saturated carbocycles. The molecular formula is C64H49N7O. The van der Waals surface area contributed by atoms with Crippen LogP contribution < -0.4 is 11.5 Å². The topological polar surface area (TPSA) is 117 Å². The highest BCUT2D eigenvalue weighted by atomic mass is 16.3. The number of benzene rings is 5. The zero-order valence-corrected chi connectivity index (χ0v) is 39.5. The van der Waals surface area contributed by atoms with Gasteiger partial charge in [0.1, 0.15) is 11.2 Å². The molecule has 0 unspecified atom stereocenters. The van der Waals surface area contributed by atoms with Gasteiger partial charge in [0.25, 0.3) is 0 Å². The standard InChI is InChI=1S/C57H37N5O.C5H5N.C2H4.H3N/c1-2-14-40(42(16-3-1)50-18-6-10-28-58-50)37-22-25-54-46(32-37)47-33-38(41-15-4-5-17-43(41)51-19-7-11-29-59-51)23-26-55(47)62(54)39-24-27-56-48(34-39)49-35-44(52-20-8-12-30-60-52)45(36-57(49)63-56)53-21-9-13-31-61-53;1-2-4-6-5-3-1;1-2;/h2-28,30-36,59H,29H2;1-5H;1-2H2;1H3. The predicted molar refractivity (Wildman–Crippen MR) is 298 cm³/mol. The third kappa shape index (κ3) is 8.90. The van der Waals surface area contributed by atoms with Crippen LogP contribution in [0.3, 0.4) is 0 Å². The van der Waals surface area contributed by atoms with Crippen LogP contribution in [0.25, 0.3) is 99.9 Å². The van der Waals surface area contributed by atoms with E-state index < -0.39 is 0 Å². The predicted octanol–water partition coefficient (Wildman–Crippen LogP) is 15.6. The van der Waals surface area contributed by atoms with Crippen molar-refractivity contribution in [3.8, 4) is 39.3 Å². The fourth-order valence-electron chi connectivity index (χ4n) is 9.48. The SMILES string of the molecule is C1=CC=C(c2ccc3c(c2)c2cc(-c4ccccc4C4=CC=CCN4)ccc2n3-c2ccc3oc4cc(-c5ccccn5)c(-c5ccccn5)cc4c3c2)C(c2ccccn2)=CC=1.C=C.N.c1ccncc1. The summed E-state index contributed by atoms with van der Waals surface area (Å²) >= 11 is 0. The largest absolute Gasteiger partial charge is 0.456 e. The van der Waals surface area contributed by atoms with Crippen molar-refractivity contribution in [1.29, 1.82) is 0 Å². The molecule has 0 amide bonds. The van der Waals surface area contributed by atoms with Gasteiger partial charge in [0.05, 0.1) is 28.1 Å². The van der Waals surface area contributed by atoms with Crippen LogP contribution in [0.1, 0.15) is 16.8 Å². The van der Waals surface area contributed by atoms with E-state index in [-0.39, 0.29) is 6.15 Å². The number of hydrogen-bond acceptors (Lipinski definition) is 7. The highest BCUT2D eigenvalue weighted by molar-refractivity contribution is 6.15. The maximum absolute atomic E-state index is 6.62. The number of aromatic nitrogens is 5. The van der Waals surface area contributed by atoms with Crippen molar-refractivity contribution >= 4 is 60.6 Å². The van der Waals surface area contributed by atoms with E-state index >= 15 is 0 Å². The minimum atomic E-state index is 0. The number of nitrogens with zero attached hydrogens (tertiary/aromatic N) is 5. The molecule has 11 aromatic rings. The lowest BCUT2D eigenvalue weighted by molar-refractivity contribution is 0.669. The number of furan rings is 1. The molecule has 0 bridgehead atoms. The van der Waals surface area contributed by atoms with E-state index in [1.165, 1.54) is 11.1 Å². The summed E-state index contributed by atoms with van der Waals surface area (Å²) in [4.78, 5) is 18.0. The van der Waals surface area contributed by atoms with Gasteiger partial charge in [0.2, 0.25) is 0 Å². The minimum absolute atomic E-state index is 0. The Kier molecular flexibility index (Phi) is 13.3. The molecule has 8 heteroatoms. The Balaban J connectivity index is 0.000000613. The fourth-order valence-corrected chi connectivity index (χ4v) is 9.48. The smallest absolute Gasteiger partial charge is 0.136 e. The summed E-state index contributed by atoms with van der Waals surface area (Å²) in [7, 11) is 0. The Bertz CT molecular complexity index is 3910. The Morgan fingerprint density at radius 1 is 0.486 bits per heavy atom. The van der Waals surface area contributed by atoms with E-state index in [1.54, 1.807) is 12.4 Å². The number of allylic oxidation sites excluding steroid dienone is 7. The van der Waals surface area contributed by atoms with E-state index in [1.807, 2.05) is 97.5 Å². The quantitative estimate of drug-likeness (QED) is 0.121. The third-order valence-electron chi connectivity index (χ3n) is 12.6. The number of dihydropyridines is 1. The van der Waals surface area contributed by atoms with Crippen molar-refractivity contribution in [3.63, 3.8) is 0 Å². The van der Waals surface area contributed by atoms with Gasteiger partial charge in [0.15, 0.2) is 0 Å². The molecule has 0 spiro atoms. The van der Waals surface area contributed by atoms with E-state index in [0.29, 0.717) is 0 Å². The molecule has 6 aromatic heterocycles. The molecule has 0 fully saturated rings. The summed E-state index contributed by atoms with van der Waals surface area (Å²) in [5, 5.41) is 7.94. The summed E-state index contributed by atoms with van der Waals surface area (Å²) in [5.41, 5.74) is 20.6. The third-order valence-corrected chi connectivity index (χ3v) is 12.6. The van der Waals surface area contributed by atoms with Gasteiger partial charge in [-0.15, -0.1) is 18.9 Å². The molecule has 1 aliphatic carbocycles. The Morgan fingerprint density at radius 3 is 1.71 bits per heavy atom. The number of pyridine rings is 4. The highest BCUT2D eigenvalue weighted by Crippen LogP contribution is 2.43. The lowest BCUT2D eigenvalue weighted by Gasteiger charge is -2.16. The monoisotopic (exact) mass is 931 g/mol. The average Bonchev–Trinajstić information content (AvgIpc) is 3.86. The summed E-state index contributed by atoms with van der Waals surface area (Å²) in [6.45, 7) is 6.80. The molecule has 13 rings (SSSR count). The Hall–Kier alpha value is -9.72. The van der Waals surface area contributed by atoms with Crippen LogP contribution in [-0.2, 0) is 0 Å². The molecule has 346 valence electrons. The first-order valence-electron chi connectivity index (χ1n) is 23.5. The zero-order valence-electron chi connectivity index (χ0n) is 39.5. The molecule has 2 aliphatic rings. The normalized spacial score (nSPS) is 12.6. The summed E-state index contributed by atoms with van der Waals surface area (Å²) in [5.74, 6) is 0. The second-order valence-electron chi connectivity index (χ2n) is 16.7. The minimum Gasteiger partial charge on any atom is -0.456 e. The second kappa shape index (κ2) is 20.9. The van der Waals surface area contributed by atoms with Crippen molar-refractivity contribution in [2.45, 2.75) is 0 Å². The molecule has 0 atom stereocenters. The van der Waals surface area contributed by atoms with Crippen LogP contribution in [0.5, 0.6) is 0 Å². The van der Waals surface area contributed by atoms with Crippen molar-refractivity contribution in [3.05, 3.63) is 273 Å². The summed E-state index contributed by atoms with van der Waals surface area (Å²) in [6, 6.07) is 57.0. The molecule has 5 aromatic carbocycles. The van der Waals surface area contributed by atoms with Crippen LogP contribution in [0.15, 0.2) is 261 Å². The molecule has 8 nitrogen and oxygen atoms in total. The highest BCUT2D eigenvalue weighted by Gasteiger charge is 2.21. The number of nitrogens with one attached hydrogen (secondary N) is 1. The fraction of sp³-hybridized carbons (Fsp3) is 0.0156. The van der Waals surface area contributed by atoms with Crippen molar-refractivity contribution in [1.82, 2.24) is 36.0 Å². The lowest BCUT2D eigenvalue weighted by Crippen LogP contribution is -2.14. The first-order chi connectivity index (χ1) is 35.2.